The Hall–Kier alpha value is -5.98. The zero-order chi connectivity index (χ0) is 30.5. The van der Waals surface area contributed by atoms with Crippen LogP contribution in [0.4, 0.5) is 0 Å². The van der Waals surface area contributed by atoms with Crippen LogP contribution >= 0.6 is 0 Å². The van der Waals surface area contributed by atoms with Crippen molar-refractivity contribution in [2.45, 2.75) is 0 Å². The summed E-state index contributed by atoms with van der Waals surface area (Å²) in [6.07, 6.45) is 0. The quantitative estimate of drug-likeness (QED) is 0.143. The van der Waals surface area contributed by atoms with Crippen molar-refractivity contribution in [3.05, 3.63) is 182 Å². The summed E-state index contributed by atoms with van der Waals surface area (Å²) in [4.78, 5) is 0. The molecule has 0 atom stereocenters. The van der Waals surface area contributed by atoms with E-state index in [1.807, 2.05) is 0 Å². The molecule has 0 spiro atoms. The SMILES string of the molecule is c1ccc(-c2ccccc2-c2c3ccccc3c(-c3ccc(-c4ccccc4)c4c3ccc3ccccc34)c3ccccc23)cc1. The molecule has 0 heterocycles. The third-order valence-electron chi connectivity index (χ3n) is 9.47. The van der Waals surface area contributed by atoms with E-state index in [0.717, 1.165) is 0 Å². The fourth-order valence-electron chi connectivity index (χ4n) is 7.48. The zero-order valence-electron chi connectivity index (χ0n) is 25.3. The molecule has 9 rings (SSSR count). The van der Waals surface area contributed by atoms with E-state index >= 15 is 0 Å². The van der Waals surface area contributed by atoms with E-state index < -0.39 is 0 Å². The molecule has 0 aliphatic carbocycles. The molecule has 0 aliphatic heterocycles. The predicted octanol–water partition coefficient (Wildman–Crippen LogP) is 13.0. The lowest BCUT2D eigenvalue weighted by molar-refractivity contribution is 1.61. The van der Waals surface area contributed by atoms with Crippen LogP contribution in [0.2, 0.25) is 0 Å². The van der Waals surface area contributed by atoms with Crippen LogP contribution in [0.3, 0.4) is 0 Å². The molecule has 0 radical (unpaired) electrons. The van der Waals surface area contributed by atoms with Crippen molar-refractivity contribution in [2.24, 2.45) is 0 Å². The first kappa shape index (κ1) is 26.4. The van der Waals surface area contributed by atoms with E-state index in [0.29, 0.717) is 0 Å². The molecule has 9 aromatic rings. The molecule has 0 fully saturated rings. The van der Waals surface area contributed by atoms with Gasteiger partial charge in [0.25, 0.3) is 0 Å². The summed E-state index contributed by atoms with van der Waals surface area (Å²) in [6.45, 7) is 0. The maximum atomic E-state index is 2.35. The standard InChI is InChI=1S/C46H30/c1-3-15-31(16-4-1)34-20-9-10-22-37(34)45-38-23-11-13-25-40(38)46(41-26-14-12-24-39(41)45)43-30-29-36(32-17-5-2-6-18-32)44-35-21-8-7-19-33(35)27-28-42(43)44/h1-30H. The zero-order valence-corrected chi connectivity index (χ0v) is 25.3. The van der Waals surface area contributed by atoms with Gasteiger partial charge in [0.15, 0.2) is 0 Å². The molecule has 0 saturated heterocycles. The lowest BCUT2D eigenvalue weighted by Gasteiger charge is -2.21. The Bertz CT molecular complexity index is 2500. The second kappa shape index (κ2) is 10.9. The van der Waals surface area contributed by atoms with E-state index in [1.165, 1.54) is 87.6 Å². The summed E-state index contributed by atoms with van der Waals surface area (Å²) in [5.74, 6) is 0. The maximum Gasteiger partial charge on any atom is -0.00201 e. The third kappa shape index (κ3) is 4.15. The molecule has 0 amide bonds. The Balaban J connectivity index is 1.42. The van der Waals surface area contributed by atoms with Gasteiger partial charge in [-0.2, -0.15) is 0 Å². The smallest absolute Gasteiger partial charge is 0.00201 e. The summed E-state index contributed by atoms with van der Waals surface area (Å²) in [6, 6.07) is 66.5. The van der Waals surface area contributed by atoms with Gasteiger partial charge < -0.3 is 0 Å². The molecule has 0 nitrogen and oxygen atoms in total. The molecule has 0 N–H and O–H groups in total. The van der Waals surface area contributed by atoms with E-state index in [1.54, 1.807) is 0 Å². The molecule has 214 valence electrons. The first-order valence-electron chi connectivity index (χ1n) is 16.0. The van der Waals surface area contributed by atoms with Crippen molar-refractivity contribution in [2.75, 3.05) is 0 Å². The highest BCUT2D eigenvalue weighted by molar-refractivity contribution is 6.26. The minimum Gasteiger partial charge on any atom is -0.0622 e. The van der Waals surface area contributed by atoms with Crippen LogP contribution in [0.25, 0.3) is 87.6 Å². The van der Waals surface area contributed by atoms with Crippen molar-refractivity contribution in [3.8, 4) is 44.5 Å². The average molecular weight is 583 g/mol. The van der Waals surface area contributed by atoms with Gasteiger partial charge in [0.05, 0.1) is 0 Å². The first-order valence-corrected chi connectivity index (χ1v) is 16.0. The fourth-order valence-corrected chi connectivity index (χ4v) is 7.48. The van der Waals surface area contributed by atoms with Crippen LogP contribution in [0.15, 0.2) is 182 Å². The molecule has 9 aromatic carbocycles. The highest BCUT2D eigenvalue weighted by Crippen LogP contribution is 2.48. The molecule has 0 aliphatic rings. The van der Waals surface area contributed by atoms with Gasteiger partial charge >= 0.3 is 0 Å². The lowest BCUT2D eigenvalue weighted by Crippen LogP contribution is -1.94. The molecule has 0 unspecified atom stereocenters. The molecular formula is C46H30. The molecule has 0 aromatic heterocycles. The predicted molar refractivity (Wildman–Crippen MR) is 198 cm³/mol. The topological polar surface area (TPSA) is 0 Å². The van der Waals surface area contributed by atoms with Crippen LogP contribution in [0.5, 0.6) is 0 Å². The fraction of sp³-hybridized carbons (Fsp3) is 0. The van der Waals surface area contributed by atoms with Crippen molar-refractivity contribution in [1.82, 2.24) is 0 Å². The van der Waals surface area contributed by atoms with Gasteiger partial charge in [0.1, 0.15) is 0 Å². The highest BCUT2D eigenvalue weighted by atomic mass is 14.2. The maximum absolute atomic E-state index is 2.35. The number of hydrogen-bond acceptors (Lipinski definition) is 0. The van der Waals surface area contributed by atoms with Crippen molar-refractivity contribution >= 4 is 43.1 Å². The molecule has 0 heteroatoms. The monoisotopic (exact) mass is 582 g/mol. The van der Waals surface area contributed by atoms with Crippen molar-refractivity contribution < 1.29 is 0 Å². The van der Waals surface area contributed by atoms with Crippen LogP contribution in [-0.2, 0) is 0 Å². The van der Waals surface area contributed by atoms with Gasteiger partial charge in [0.2, 0.25) is 0 Å². The highest BCUT2D eigenvalue weighted by Gasteiger charge is 2.21. The summed E-state index contributed by atoms with van der Waals surface area (Å²) < 4.78 is 0. The van der Waals surface area contributed by atoms with Crippen molar-refractivity contribution in [1.29, 1.82) is 0 Å². The summed E-state index contributed by atoms with van der Waals surface area (Å²) in [5.41, 5.74) is 10.0. The van der Waals surface area contributed by atoms with Gasteiger partial charge in [-0.3, -0.25) is 0 Å². The minimum absolute atomic E-state index is 1.23. The van der Waals surface area contributed by atoms with Gasteiger partial charge in [-0.05, 0) is 87.6 Å². The number of benzene rings is 9. The second-order valence-electron chi connectivity index (χ2n) is 12.0. The minimum atomic E-state index is 1.23. The Kier molecular flexibility index (Phi) is 6.25. The van der Waals surface area contributed by atoms with E-state index in [4.69, 9.17) is 0 Å². The van der Waals surface area contributed by atoms with E-state index in [2.05, 4.69) is 182 Å². The molecule has 0 bridgehead atoms. The molecular weight excluding hydrogens is 553 g/mol. The first-order chi connectivity index (χ1) is 22.9. The van der Waals surface area contributed by atoms with Gasteiger partial charge in [-0.15, -0.1) is 0 Å². The average Bonchev–Trinajstić information content (AvgIpc) is 3.14. The summed E-state index contributed by atoms with van der Waals surface area (Å²) >= 11 is 0. The summed E-state index contributed by atoms with van der Waals surface area (Å²) in [5, 5.41) is 10.2. The Morgan fingerprint density at radius 2 is 0.652 bits per heavy atom. The largest absolute Gasteiger partial charge is 0.0622 e. The van der Waals surface area contributed by atoms with Crippen molar-refractivity contribution in [3.63, 3.8) is 0 Å². The second-order valence-corrected chi connectivity index (χ2v) is 12.0. The number of fused-ring (bicyclic) bond motifs is 5. The van der Waals surface area contributed by atoms with E-state index in [9.17, 15) is 0 Å². The number of hydrogen-bond donors (Lipinski definition) is 0. The third-order valence-corrected chi connectivity index (χ3v) is 9.47. The lowest BCUT2D eigenvalue weighted by atomic mass is 9.82. The van der Waals surface area contributed by atoms with Crippen LogP contribution in [0.1, 0.15) is 0 Å². The van der Waals surface area contributed by atoms with Gasteiger partial charge in [0, 0.05) is 0 Å². The number of rotatable bonds is 4. The van der Waals surface area contributed by atoms with Gasteiger partial charge in [-0.1, -0.05) is 182 Å². The molecule has 0 saturated carbocycles. The van der Waals surface area contributed by atoms with Gasteiger partial charge in [-0.25, -0.2) is 0 Å². The Morgan fingerprint density at radius 3 is 1.26 bits per heavy atom. The summed E-state index contributed by atoms with van der Waals surface area (Å²) in [7, 11) is 0. The normalized spacial score (nSPS) is 11.5. The Morgan fingerprint density at radius 1 is 0.217 bits per heavy atom. The van der Waals surface area contributed by atoms with Crippen LogP contribution in [0, 0.1) is 0 Å². The van der Waals surface area contributed by atoms with E-state index in [-0.39, 0.29) is 0 Å². The van der Waals surface area contributed by atoms with Crippen LogP contribution in [-0.4, -0.2) is 0 Å². The molecule has 46 heavy (non-hydrogen) atoms. The van der Waals surface area contributed by atoms with Crippen LogP contribution < -0.4 is 0 Å². The Labute approximate surface area is 268 Å².